The summed E-state index contributed by atoms with van der Waals surface area (Å²) in [6, 6.07) is 8.24. The van der Waals surface area contributed by atoms with E-state index in [1.165, 1.54) is 4.70 Å². The maximum Gasteiger partial charge on any atom is 0.222 e. The molecule has 0 saturated carbocycles. The second-order valence-corrected chi connectivity index (χ2v) is 8.12. The molecule has 0 radical (unpaired) electrons. The van der Waals surface area contributed by atoms with Crippen LogP contribution in [-0.4, -0.2) is 47.4 Å². The number of para-hydroxylation sites is 1. The summed E-state index contributed by atoms with van der Waals surface area (Å²) in [5.74, 6) is 0.153. The monoisotopic (exact) mass is 388 g/mol. The standard InChI is InChI=1S/C20H28N4O2S/c21-12-11-18(25)22-14-15-6-3-4-13-24(15)20(26)10-5-9-19-23-16-7-1-2-8-17(16)27-19/h1-2,7-8,15H,3-6,9-14,21H2,(H,22,25). The molecule has 6 nitrogen and oxygen atoms in total. The lowest BCUT2D eigenvalue weighted by Crippen LogP contribution is -2.49. The molecule has 27 heavy (non-hydrogen) atoms. The summed E-state index contributed by atoms with van der Waals surface area (Å²) in [6.45, 7) is 1.67. The van der Waals surface area contributed by atoms with E-state index in [0.717, 1.165) is 49.2 Å². The number of nitrogens with zero attached hydrogens (tertiary/aromatic N) is 2. The molecule has 0 spiro atoms. The van der Waals surface area contributed by atoms with Crippen molar-refractivity contribution in [2.24, 2.45) is 5.73 Å². The number of piperidine rings is 1. The Morgan fingerprint density at radius 2 is 2.11 bits per heavy atom. The highest BCUT2D eigenvalue weighted by atomic mass is 32.1. The first kappa shape index (κ1) is 19.8. The van der Waals surface area contributed by atoms with Gasteiger partial charge in [-0.05, 0) is 44.2 Å². The minimum atomic E-state index is -0.0358. The van der Waals surface area contributed by atoms with E-state index in [1.807, 2.05) is 23.1 Å². The summed E-state index contributed by atoms with van der Waals surface area (Å²) in [7, 11) is 0. The van der Waals surface area contributed by atoms with Gasteiger partial charge in [-0.3, -0.25) is 9.59 Å². The number of thiazole rings is 1. The topological polar surface area (TPSA) is 88.3 Å². The van der Waals surface area contributed by atoms with Gasteiger partial charge in [0.15, 0.2) is 0 Å². The minimum Gasteiger partial charge on any atom is -0.354 e. The molecule has 1 saturated heterocycles. The fourth-order valence-corrected chi connectivity index (χ4v) is 4.56. The summed E-state index contributed by atoms with van der Waals surface area (Å²) < 4.78 is 1.20. The van der Waals surface area contributed by atoms with Gasteiger partial charge >= 0.3 is 0 Å². The zero-order valence-electron chi connectivity index (χ0n) is 15.7. The number of aryl methyl sites for hydroxylation is 1. The van der Waals surface area contributed by atoms with Crippen LogP contribution < -0.4 is 11.1 Å². The molecule has 1 unspecified atom stereocenters. The number of rotatable bonds is 8. The normalized spacial score (nSPS) is 17.2. The van der Waals surface area contributed by atoms with E-state index in [2.05, 4.69) is 16.4 Å². The van der Waals surface area contributed by atoms with Crippen molar-refractivity contribution >= 4 is 33.4 Å². The third-order valence-electron chi connectivity index (χ3n) is 4.97. The number of likely N-dealkylation sites (tertiary alicyclic amines) is 1. The maximum absolute atomic E-state index is 12.7. The van der Waals surface area contributed by atoms with Crippen LogP contribution in [0.1, 0.15) is 43.5 Å². The van der Waals surface area contributed by atoms with Crippen molar-refractivity contribution in [1.82, 2.24) is 15.2 Å². The Kier molecular flexibility index (Phi) is 7.18. The lowest BCUT2D eigenvalue weighted by atomic mass is 10.0. The summed E-state index contributed by atoms with van der Waals surface area (Å²) in [5.41, 5.74) is 6.45. The molecule has 1 aromatic heterocycles. The van der Waals surface area contributed by atoms with Crippen molar-refractivity contribution in [2.45, 2.75) is 51.0 Å². The van der Waals surface area contributed by atoms with Gasteiger partial charge < -0.3 is 16.0 Å². The molecule has 1 fully saturated rings. The van der Waals surface area contributed by atoms with Gasteiger partial charge in [-0.2, -0.15) is 0 Å². The molecule has 0 bridgehead atoms. The second-order valence-electron chi connectivity index (χ2n) is 7.01. The third kappa shape index (κ3) is 5.49. The van der Waals surface area contributed by atoms with Crippen molar-refractivity contribution in [3.05, 3.63) is 29.3 Å². The molecule has 3 N–H and O–H groups in total. The average Bonchev–Trinajstić information content (AvgIpc) is 3.09. The smallest absolute Gasteiger partial charge is 0.222 e. The van der Waals surface area contributed by atoms with Gasteiger partial charge in [0, 0.05) is 38.5 Å². The van der Waals surface area contributed by atoms with Gasteiger partial charge in [-0.15, -0.1) is 11.3 Å². The predicted octanol–water partition coefficient (Wildman–Crippen LogP) is 2.47. The van der Waals surface area contributed by atoms with E-state index < -0.39 is 0 Å². The Morgan fingerprint density at radius 1 is 1.26 bits per heavy atom. The largest absolute Gasteiger partial charge is 0.354 e. The van der Waals surface area contributed by atoms with Crippen LogP contribution in [0.15, 0.2) is 24.3 Å². The van der Waals surface area contributed by atoms with Crippen LogP contribution in [-0.2, 0) is 16.0 Å². The molecule has 3 rings (SSSR count). The number of nitrogens with two attached hydrogens (primary N) is 1. The molecule has 2 aromatic rings. The molecule has 1 aliphatic rings. The van der Waals surface area contributed by atoms with Crippen LogP contribution in [0.4, 0.5) is 0 Å². The predicted molar refractivity (Wildman–Crippen MR) is 109 cm³/mol. The number of carbonyl (C=O) groups is 2. The van der Waals surface area contributed by atoms with E-state index in [-0.39, 0.29) is 17.9 Å². The quantitative estimate of drug-likeness (QED) is 0.727. The average molecular weight is 389 g/mol. The fraction of sp³-hybridized carbons (Fsp3) is 0.550. The number of aromatic nitrogens is 1. The SMILES string of the molecule is NCCC(=O)NCC1CCCCN1C(=O)CCCc1nc2ccccc2s1. The molecule has 1 aromatic carbocycles. The Bertz CT molecular complexity index is 743. The first-order valence-electron chi connectivity index (χ1n) is 9.78. The maximum atomic E-state index is 12.7. The lowest BCUT2D eigenvalue weighted by Gasteiger charge is -2.36. The first-order chi connectivity index (χ1) is 13.2. The highest BCUT2D eigenvalue weighted by Gasteiger charge is 2.26. The Labute approximate surface area is 164 Å². The summed E-state index contributed by atoms with van der Waals surface area (Å²) >= 11 is 1.71. The van der Waals surface area contributed by atoms with E-state index in [4.69, 9.17) is 5.73 Å². The van der Waals surface area contributed by atoms with Gasteiger partial charge in [0.05, 0.1) is 15.2 Å². The molecule has 146 valence electrons. The number of benzene rings is 1. The lowest BCUT2D eigenvalue weighted by molar-refractivity contribution is -0.135. The molecular formula is C20H28N4O2S. The van der Waals surface area contributed by atoms with Gasteiger partial charge in [0.2, 0.25) is 11.8 Å². The van der Waals surface area contributed by atoms with Crippen LogP contribution in [0.25, 0.3) is 10.2 Å². The van der Waals surface area contributed by atoms with E-state index in [0.29, 0.717) is 25.9 Å². The van der Waals surface area contributed by atoms with Crippen molar-refractivity contribution in [1.29, 1.82) is 0 Å². The third-order valence-corrected chi connectivity index (χ3v) is 6.07. The highest BCUT2D eigenvalue weighted by molar-refractivity contribution is 7.18. The fourth-order valence-electron chi connectivity index (χ4n) is 3.55. The zero-order chi connectivity index (χ0) is 19.1. The van der Waals surface area contributed by atoms with E-state index in [1.54, 1.807) is 11.3 Å². The Hall–Kier alpha value is -1.99. The van der Waals surface area contributed by atoms with Gasteiger partial charge in [-0.25, -0.2) is 4.98 Å². The number of hydrogen-bond donors (Lipinski definition) is 2. The van der Waals surface area contributed by atoms with E-state index >= 15 is 0 Å². The van der Waals surface area contributed by atoms with Gasteiger partial charge in [0.25, 0.3) is 0 Å². The molecular weight excluding hydrogens is 360 g/mol. The summed E-state index contributed by atoms with van der Waals surface area (Å²) in [4.78, 5) is 31.0. The second kappa shape index (κ2) is 9.80. The van der Waals surface area contributed by atoms with Crippen molar-refractivity contribution < 1.29 is 9.59 Å². The highest BCUT2D eigenvalue weighted by Crippen LogP contribution is 2.23. The molecule has 2 amide bonds. The zero-order valence-corrected chi connectivity index (χ0v) is 16.5. The van der Waals surface area contributed by atoms with Crippen LogP contribution >= 0.6 is 11.3 Å². The molecule has 2 heterocycles. The number of carbonyl (C=O) groups excluding carboxylic acids is 2. The van der Waals surface area contributed by atoms with Crippen molar-refractivity contribution in [3.63, 3.8) is 0 Å². The summed E-state index contributed by atoms with van der Waals surface area (Å²) in [6.07, 6.45) is 5.60. The molecule has 1 atom stereocenters. The van der Waals surface area contributed by atoms with E-state index in [9.17, 15) is 9.59 Å². The number of nitrogens with one attached hydrogen (secondary N) is 1. The number of amides is 2. The van der Waals surface area contributed by atoms with Crippen molar-refractivity contribution in [3.8, 4) is 0 Å². The minimum absolute atomic E-state index is 0.0358. The summed E-state index contributed by atoms with van der Waals surface area (Å²) in [5, 5.41) is 4.00. The number of hydrogen-bond acceptors (Lipinski definition) is 5. The molecule has 0 aliphatic carbocycles. The van der Waals surface area contributed by atoms with Crippen LogP contribution in [0.3, 0.4) is 0 Å². The Morgan fingerprint density at radius 3 is 2.93 bits per heavy atom. The van der Waals surface area contributed by atoms with Crippen LogP contribution in [0.2, 0.25) is 0 Å². The van der Waals surface area contributed by atoms with Gasteiger partial charge in [-0.1, -0.05) is 12.1 Å². The molecule has 1 aliphatic heterocycles. The van der Waals surface area contributed by atoms with Crippen LogP contribution in [0, 0.1) is 0 Å². The first-order valence-corrected chi connectivity index (χ1v) is 10.6. The molecule has 7 heteroatoms. The van der Waals surface area contributed by atoms with Crippen molar-refractivity contribution in [2.75, 3.05) is 19.6 Å². The number of fused-ring (bicyclic) bond motifs is 1. The Balaban J connectivity index is 1.48. The van der Waals surface area contributed by atoms with Crippen LogP contribution in [0.5, 0.6) is 0 Å². The van der Waals surface area contributed by atoms with Gasteiger partial charge in [0.1, 0.15) is 0 Å².